The van der Waals surface area contributed by atoms with Gasteiger partial charge < -0.3 is 15.4 Å². The van der Waals surface area contributed by atoms with Gasteiger partial charge in [-0.2, -0.15) is 0 Å². The van der Waals surface area contributed by atoms with E-state index in [1.807, 2.05) is 55.5 Å². The average Bonchev–Trinajstić information content (AvgIpc) is 2.77. The van der Waals surface area contributed by atoms with Gasteiger partial charge in [-0.05, 0) is 48.7 Å². The summed E-state index contributed by atoms with van der Waals surface area (Å²) in [6.07, 6.45) is 4.20. The molecule has 3 aromatic rings. The number of carbonyl (C=O) groups is 1. The molecule has 0 saturated heterocycles. The number of carbonyl (C=O) groups excluding carboxylic acids is 1. The first-order valence-corrected chi connectivity index (χ1v) is 10.1. The molecule has 0 saturated carbocycles. The van der Waals surface area contributed by atoms with Crippen molar-refractivity contribution in [1.82, 2.24) is 15.3 Å². The molecule has 0 bridgehead atoms. The number of rotatable bonds is 7. The van der Waals surface area contributed by atoms with E-state index >= 15 is 0 Å². The largest absolute Gasteiger partial charge is 0.497 e. The summed E-state index contributed by atoms with van der Waals surface area (Å²) in [7, 11) is 1.65. The molecule has 6 heteroatoms. The van der Waals surface area contributed by atoms with Gasteiger partial charge in [-0.25, -0.2) is 9.97 Å². The second-order valence-corrected chi connectivity index (χ2v) is 7.25. The van der Waals surface area contributed by atoms with E-state index in [4.69, 9.17) is 4.74 Å². The molecule has 2 aromatic carbocycles. The fraction of sp³-hybridized carbons (Fsp3) is 0.240. The van der Waals surface area contributed by atoms with Crippen molar-refractivity contribution in [3.8, 4) is 17.6 Å². The molecule has 2 N–H and O–H groups in total. The average molecular weight is 415 g/mol. The SMILES string of the molecule is COc1ccc(CNc2ncc(C#Cc3ccc(CC(C)NC(C)=O)cc3)cn2)cc1. The Morgan fingerprint density at radius 3 is 2.19 bits per heavy atom. The van der Waals surface area contributed by atoms with Crippen molar-refractivity contribution in [2.75, 3.05) is 12.4 Å². The first-order chi connectivity index (χ1) is 15.0. The third-order valence-electron chi connectivity index (χ3n) is 4.56. The van der Waals surface area contributed by atoms with E-state index in [0.717, 1.165) is 34.4 Å². The van der Waals surface area contributed by atoms with Crippen LogP contribution < -0.4 is 15.4 Å². The maximum atomic E-state index is 11.1. The van der Waals surface area contributed by atoms with Crippen molar-refractivity contribution >= 4 is 11.9 Å². The molecular formula is C25H26N4O2. The lowest BCUT2D eigenvalue weighted by Crippen LogP contribution is -2.31. The fourth-order valence-corrected chi connectivity index (χ4v) is 3.03. The van der Waals surface area contributed by atoms with Crippen LogP contribution in [-0.4, -0.2) is 29.0 Å². The highest BCUT2D eigenvalue weighted by atomic mass is 16.5. The van der Waals surface area contributed by atoms with Gasteiger partial charge in [-0.15, -0.1) is 0 Å². The Morgan fingerprint density at radius 2 is 1.58 bits per heavy atom. The third kappa shape index (κ3) is 7.16. The number of ether oxygens (including phenoxy) is 1. The van der Waals surface area contributed by atoms with Crippen molar-refractivity contribution in [3.05, 3.63) is 83.2 Å². The van der Waals surface area contributed by atoms with Crippen molar-refractivity contribution in [1.29, 1.82) is 0 Å². The summed E-state index contributed by atoms with van der Waals surface area (Å²) in [5, 5.41) is 6.08. The van der Waals surface area contributed by atoms with Crippen LogP contribution in [0.15, 0.2) is 60.9 Å². The first-order valence-electron chi connectivity index (χ1n) is 10.1. The third-order valence-corrected chi connectivity index (χ3v) is 4.56. The molecule has 3 rings (SSSR count). The van der Waals surface area contributed by atoms with Crippen LogP contribution in [0.25, 0.3) is 0 Å². The predicted molar refractivity (Wildman–Crippen MR) is 122 cm³/mol. The summed E-state index contributed by atoms with van der Waals surface area (Å²) in [6, 6.07) is 16.0. The minimum atomic E-state index is -0.0147. The molecule has 0 fully saturated rings. The molecular weight excluding hydrogens is 388 g/mol. The Morgan fingerprint density at radius 1 is 0.968 bits per heavy atom. The van der Waals surface area contributed by atoms with E-state index in [1.165, 1.54) is 6.92 Å². The number of nitrogens with zero attached hydrogens (tertiary/aromatic N) is 2. The maximum absolute atomic E-state index is 11.1. The Labute approximate surface area is 183 Å². The summed E-state index contributed by atoms with van der Waals surface area (Å²) in [4.78, 5) is 19.8. The molecule has 0 aliphatic heterocycles. The lowest BCUT2D eigenvalue weighted by atomic mass is 10.1. The lowest BCUT2D eigenvalue weighted by molar-refractivity contribution is -0.119. The molecule has 158 valence electrons. The Bertz CT molecular complexity index is 1050. The highest BCUT2D eigenvalue weighted by molar-refractivity contribution is 5.73. The lowest BCUT2D eigenvalue weighted by Gasteiger charge is -2.12. The highest BCUT2D eigenvalue weighted by Crippen LogP contribution is 2.12. The molecule has 1 atom stereocenters. The molecule has 0 spiro atoms. The number of aromatic nitrogens is 2. The quantitative estimate of drug-likeness (QED) is 0.578. The molecule has 31 heavy (non-hydrogen) atoms. The smallest absolute Gasteiger partial charge is 0.222 e. The Kier molecular flexibility index (Phi) is 7.61. The highest BCUT2D eigenvalue weighted by Gasteiger charge is 2.04. The molecule has 1 aromatic heterocycles. The first kappa shape index (κ1) is 21.8. The van der Waals surface area contributed by atoms with Crippen LogP contribution in [0, 0.1) is 11.8 Å². The zero-order chi connectivity index (χ0) is 22.1. The molecule has 0 aliphatic carbocycles. The maximum Gasteiger partial charge on any atom is 0.222 e. The van der Waals surface area contributed by atoms with Crippen LogP contribution in [0.4, 0.5) is 5.95 Å². The number of anilines is 1. The van der Waals surface area contributed by atoms with E-state index in [2.05, 4.69) is 32.4 Å². The number of benzene rings is 2. The topological polar surface area (TPSA) is 76.1 Å². The Hall–Kier alpha value is -3.85. The van der Waals surface area contributed by atoms with Crippen molar-refractivity contribution in [2.45, 2.75) is 32.9 Å². The minimum absolute atomic E-state index is 0.0147. The fourth-order valence-electron chi connectivity index (χ4n) is 3.03. The monoisotopic (exact) mass is 414 g/mol. The predicted octanol–water partition coefficient (Wildman–Crippen LogP) is 3.56. The van der Waals surface area contributed by atoms with Crippen molar-refractivity contribution in [2.24, 2.45) is 0 Å². The van der Waals surface area contributed by atoms with Crippen LogP contribution in [0.2, 0.25) is 0 Å². The van der Waals surface area contributed by atoms with E-state index in [9.17, 15) is 4.79 Å². The van der Waals surface area contributed by atoms with Crippen LogP contribution in [-0.2, 0) is 17.8 Å². The van der Waals surface area contributed by atoms with Crippen LogP contribution in [0.3, 0.4) is 0 Å². The number of hydrogen-bond acceptors (Lipinski definition) is 5. The van der Waals surface area contributed by atoms with Gasteiger partial charge in [-0.1, -0.05) is 36.1 Å². The second kappa shape index (κ2) is 10.8. The van der Waals surface area contributed by atoms with Crippen LogP contribution in [0.5, 0.6) is 5.75 Å². The van der Waals surface area contributed by atoms with Gasteiger partial charge in [0.2, 0.25) is 11.9 Å². The zero-order valence-corrected chi connectivity index (χ0v) is 18.0. The van der Waals surface area contributed by atoms with Gasteiger partial charge in [-0.3, -0.25) is 4.79 Å². The van der Waals surface area contributed by atoms with Gasteiger partial charge in [0.05, 0.1) is 12.7 Å². The van der Waals surface area contributed by atoms with Gasteiger partial charge in [0.25, 0.3) is 0 Å². The summed E-state index contributed by atoms with van der Waals surface area (Å²) >= 11 is 0. The minimum Gasteiger partial charge on any atom is -0.497 e. The number of methoxy groups -OCH3 is 1. The van der Waals surface area contributed by atoms with E-state index < -0.39 is 0 Å². The number of nitrogens with one attached hydrogen (secondary N) is 2. The van der Waals surface area contributed by atoms with E-state index in [-0.39, 0.29) is 11.9 Å². The van der Waals surface area contributed by atoms with Gasteiger partial charge in [0.1, 0.15) is 5.75 Å². The van der Waals surface area contributed by atoms with Crippen LogP contribution in [0.1, 0.15) is 36.1 Å². The summed E-state index contributed by atoms with van der Waals surface area (Å²) in [6.45, 7) is 4.15. The molecule has 1 heterocycles. The van der Waals surface area contributed by atoms with Crippen molar-refractivity contribution < 1.29 is 9.53 Å². The normalized spacial score (nSPS) is 11.1. The molecule has 1 amide bonds. The van der Waals surface area contributed by atoms with Gasteiger partial charge in [0.15, 0.2) is 0 Å². The zero-order valence-electron chi connectivity index (χ0n) is 18.0. The molecule has 0 aliphatic rings. The summed E-state index contributed by atoms with van der Waals surface area (Å²) in [5.41, 5.74) is 3.93. The summed E-state index contributed by atoms with van der Waals surface area (Å²) in [5.74, 6) is 7.59. The van der Waals surface area contributed by atoms with Gasteiger partial charge in [0, 0.05) is 37.5 Å². The Balaban J connectivity index is 1.53. The molecule has 6 nitrogen and oxygen atoms in total. The second-order valence-electron chi connectivity index (χ2n) is 7.25. The van der Waals surface area contributed by atoms with Crippen LogP contribution >= 0.6 is 0 Å². The van der Waals surface area contributed by atoms with E-state index in [0.29, 0.717) is 12.5 Å². The molecule has 1 unspecified atom stereocenters. The standard InChI is InChI=1S/C25H26N4O2/c1-18(29-19(2)30)14-21-7-4-20(5-8-21)6-9-23-16-27-25(28-17-23)26-15-22-10-12-24(31-3)13-11-22/h4-5,7-8,10-13,16-18H,14-15H2,1-3H3,(H,29,30)(H,26,27,28). The molecule has 0 radical (unpaired) electrons. The van der Waals surface area contributed by atoms with Crippen molar-refractivity contribution in [3.63, 3.8) is 0 Å². The number of hydrogen-bond donors (Lipinski definition) is 2. The summed E-state index contributed by atoms with van der Waals surface area (Å²) < 4.78 is 5.16. The number of amides is 1. The van der Waals surface area contributed by atoms with Gasteiger partial charge >= 0.3 is 0 Å². The van der Waals surface area contributed by atoms with E-state index in [1.54, 1.807) is 19.5 Å².